The third-order valence-corrected chi connectivity index (χ3v) is 4.73. The zero-order valence-electron chi connectivity index (χ0n) is 12.3. The smallest absolute Gasteiger partial charge is 0.0976 e. The highest BCUT2D eigenvalue weighted by molar-refractivity contribution is 7.10. The lowest BCUT2D eigenvalue weighted by atomic mass is 9.94. The molecule has 2 atom stereocenters. The summed E-state index contributed by atoms with van der Waals surface area (Å²) in [6.07, 6.45) is -0.692. The summed E-state index contributed by atoms with van der Waals surface area (Å²) in [5.41, 5.74) is 1.76. The fourth-order valence-corrected chi connectivity index (χ4v) is 3.24. The number of halogens is 1. The molecule has 0 aliphatic carbocycles. The van der Waals surface area contributed by atoms with Gasteiger partial charge in [0.05, 0.1) is 12.0 Å². The van der Waals surface area contributed by atoms with Crippen molar-refractivity contribution < 1.29 is 5.11 Å². The topological polar surface area (TPSA) is 20.2 Å². The van der Waals surface area contributed by atoms with E-state index in [2.05, 4.69) is 11.8 Å². The molecule has 0 aliphatic rings. The van der Waals surface area contributed by atoms with E-state index in [4.69, 9.17) is 11.6 Å². The quantitative estimate of drug-likeness (QED) is 0.645. The van der Waals surface area contributed by atoms with Crippen LogP contribution in [0.4, 0.5) is 0 Å². The van der Waals surface area contributed by atoms with Crippen LogP contribution in [0.2, 0.25) is 5.02 Å². The molecule has 0 aliphatic heterocycles. The summed E-state index contributed by atoms with van der Waals surface area (Å²) in [5.74, 6) is 6.13. The first-order chi connectivity index (χ1) is 11.2. The van der Waals surface area contributed by atoms with Gasteiger partial charge in [0.15, 0.2) is 0 Å². The molecule has 0 radical (unpaired) electrons. The van der Waals surface area contributed by atoms with E-state index in [0.717, 1.165) is 16.0 Å². The minimum absolute atomic E-state index is 0.267. The van der Waals surface area contributed by atoms with Crippen molar-refractivity contribution in [2.75, 3.05) is 0 Å². The monoisotopic (exact) mass is 338 g/mol. The van der Waals surface area contributed by atoms with Crippen molar-refractivity contribution in [1.82, 2.24) is 0 Å². The summed E-state index contributed by atoms with van der Waals surface area (Å²) in [4.78, 5) is 1.05. The van der Waals surface area contributed by atoms with Gasteiger partial charge in [-0.15, -0.1) is 11.3 Å². The van der Waals surface area contributed by atoms with E-state index >= 15 is 0 Å². The minimum atomic E-state index is -0.692. The van der Waals surface area contributed by atoms with E-state index in [1.807, 2.05) is 60.0 Å². The molecule has 1 aromatic heterocycles. The molecule has 0 saturated heterocycles. The number of aliphatic hydroxyl groups is 1. The summed E-state index contributed by atoms with van der Waals surface area (Å²) < 4.78 is 0. The third kappa shape index (κ3) is 4.03. The highest BCUT2D eigenvalue weighted by Crippen LogP contribution is 2.33. The first-order valence-electron chi connectivity index (χ1n) is 7.27. The Bertz CT molecular complexity index is 798. The van der Waals surface area contributed by atoms with Crippen LogP contribution in [0.25, 0.3) is 0 Å². The highest BCUT2D eigenvalue weighted by Gasteiger charge is 2.21. The second-order valence-electron chi connectivity index (χ2n) is 5.12. The van der Waals surface area contributed by atoms with Gasteiger partial charge in [-0.3, -0.25) is 0 Å². The summed E-state index contributed by atoms with van der Waals surface area (Å²) in [7, 11) is 0. The van der Waals surface area contributed by atoms with Gasteiger partial charge < -0.3 is 5.11 Å². The zero-order chi connectivity index (χ0) is 16.1. The molecule has 0 bridgehead atoms. The Hall–Kier alpha value is -2.05. The molecule has 23 heavy (non-hydrogen) atoms. The number of rotatable bonds is 3. The van der Waals surface area contributed by atoms with Crippen LogP contribution in [-0.2, 0) is 0 Å². The van der Waals surface area contributed by atoms with Gasteiger partial charge in [0.2, 0.25) is 0 Å². The maximum atomic E-state index is 10.8. The maximum absolute atomic E-state index is 10.8. The van der Waals surface area contributed by atoms with Gasteiger partial charge in [-0.25, -0.2) is 0 Å². The van der Waals surface area contributed by atoms with Crippen molar-refractivity contribution in [3.05, 3.63) is 93.1 Å². The van der Waals surface area contributed by atoms with E-state index in [9.17, 15) is 5.11 Å². The van der Waals surface area contributed by atoms with Crippen molar-refractivity contribution in [2.45, 2.75) is 12.0 Å². The Morgan fingerprint density at radius 3 is 2.30 bits per heavy atom. The molecule has 0 amide bonds. The molecule has 3 heteroatoms. The lowest BCUT2D eigenvalue weighted by Crippen LogP contribution is -2.08. The minimum Gasteiger partial charge on any atom is -0.387 e. The van der Waals surface area contributed by atoms with Crippen LogP contribution in [0.15, 0.2) is 72.1 Å². The first-order valence-corrected chi connectivity index (χ1v) is 8.53. The lowest BCUT2D eigenvalue weighted by Gasteiger charge is -2.17. The molecule has 0 fully saturated rings. The fourth-order valence-electron chi connectivity index (χ4n) is 2.31. The molecule has 1 unspecified atom stereocenters. The Morgan fingerprint density at radius 2 is 1.65 bits per heavy atom. The first kappa shape index (κ1) is 15.8. The summed E-state index contributed by atoms with van der Waals surface area (Å²) in [5, 5.41) is 13.4. The van der Waals surface area contributed by atoms with Crippen molar-refractivity contribution in [2.24, 2.45) is 0 Å². The maximum Gasteiger partial charge on any atom is 0.0976 e. The van der Waals surface area contributed by atoms with Crippen LogP contribution in [0.3, 0.4) is 0 Å². The number of benzene rings is 2. The largest absolute Gasteiger partial charge is 0.387 e. The second kappa shape index (κ2) is 7.48. The number of hydrogen-bond donors (Lipinski definition) is 1. The van der Waals surface area contributed by atoms with Gasteiger partial charge in [0.25, 0.3) is 0 Å². The fraction of sp³-hybridized carbons (Fsp3) is 0.100. The SMILES string of the molecule is O[C@@H](c1ccc(Cl)cc1)C(C#Cc1ccccc1)c1cccs1. The molecule has 0 spiro atoms. The standard InChI is InChI=1S/C20H15ClOS/c21-17-11-9-16(10-12-17)20(22)18(19-7-4-14-23-19)13-8-15-5-2-1-3-6-15/h1-7,9-12,14,18,20,22H/t18?,20-/m0/s1. The molecule has 1 nitrogen and oxygen atoms in total. The van der Waals surface area contributed by atoms with Gasteiger partial charge in [-0.05, 0) is 41.3 Å². The molecular formula is C20H15ClOS. The molecular weight excluding hydrogens is 324 g/mol. The van der Waals surface area contributed by atoms with Gasteiger partial charge >= 0.3 is 0 Å². The molecule has 2 aromatic carbocycles. The molecule has 3 rings (SSSR count). The molecule has 1 heterocycles. The van der Waals surface area contributed by atoms with E-state index in [0.29, 0.717) is 5.02 Å². The van der Waals surface area contributed by atoms with Crippen LogP contribution < -0.4 is 0 Å². The summed E-state index contributed by atoms with van der Waals surface area (Å²) >= 11 is 7.53. The van der Waals surface area contributed by atoms with Gasteiger partial charge in [-0.1, -0.05) is 59.8 Å². The van der Waals surface area contributed by atoms with Gasteiger partial charge in [0, 0.05) is 15.5 Å². The zero-order valence-corrected chi connectivity index (χ0v) is 13.9. The second-order valence-corrected chi connectivity index (χ2v) is 6.54. The third-order valence-electron chi connectivity index (χ3n) is 3.52. The Morgan fingerprint density at radius 1 is 0.913 bits per heavy atom. The molecule has 0 saturated carbocycles. The number of thiophene rings is 1. The average Bonchev–Trinajstić information content (AvgIpc) is 3.11. The average molecular weight is 339 g/mol. The van der Waals surface area contributed by atoms with E-state index < -0.39 is 6.10 Å². The summed E-state index contributed by atoms with van der Waals surface area (Å²) in [6.45, 7) is 0. The van der Waals surface area contributed by atoms with Crippen LogP contribution in [0.5, 0.6) is 0 Å². The van der Waals surface area contributed by atoms with Gasteiger partial charge in [-0.2, -0.15) is 0 Å². The Balaban J connectivity index is 1.93. The van der Waals surface area contributed by atoms with Crippen molar-refractivity contribution in [3.8, 4) is 11.8 Å². The van der Waals surface area contributed by atoms with E-state index in [1.165, 1.54) is 0 Å². The lowest BCUT2D eigenvalue weighted by molar-refractivity contribution is 0.166. The van der Waals surface area contributed by atoms with Crippen LogP contribution >= 0.6 is 22.9 Å². The predicted octanol–water partition coefficient (Wildman–Crippen LogP) is 5.27. The molecule has 3 aromatic rings. The van der Waals surface area contributed by atoms with Crippen molar-refractivity contribution in [3.63, 3.8) is 0 Å². The Kier molecular flexibility index (Phi) is 5.15. The van der Waals surface area contributed by atoms with Crippen molar-refractivity contribution in [1.29, 1.82) is 0 Å². The normalized spacial score (nSPS) is 13.0. The van der Waals surface area contributed by atoms with E-state index in [1.54, 1.807) is 23.5 Å². The van der Waals surface area contributed by atoms with Crippen molar-refractivity contribution >= 4 is 22.9 Å². The molecule has 114 valence electrons. The number of hydrogen-bond acceptors (Lipinski definition) is 2. The molecule has 1 N–H and O–H groups in total. The summed E-state index contributed by atoms with van der Waals surface area (Å²) in [6, 6.07) is 21.1. The van der Waals surface area contributed by atoms with Crippen LogP contribution in [-0.4, -0.2) is 5.11 Å². The number of aliphatic hydroxyl groups excluding tert-OH is 1. The van der Waals surface area contributed by atoms with E-state index in [-0.39, 0.29) is 5.92 Å². The highest BCUT2D eigenvalue weighted by atomic mass is 35.5. The predicted molar refractivity (Wildman–Crippen MR) is 96.8 cm³/mol. The van der Waals surface area contributed by atoms with Gasteiger partial charge in [0.1, 0.15) is 0 Å². The van der Waals surface area contributed by atoms with Crippen LogP contribution in [0.1, 0.15) is 28.0 Å². The van der Waals surface area contributed by atoms with Crippen LogP contribution in [0, 0.1) is 11.8 Å². The Labute approximate surface area is 145 Å².